The van der Waals surface area contributed by atoms with Gasteiger partial charge in [0.15, 0.2) is 9.84 Å². The minimum atomic E-state index is -3.29. The molecule has 246 valence electrons. The van der Waals surface area contributed by atoms with Crippen molar-refractivity contribution in [3.8, 4) is 21.6 Å². The van der Waals surface area contributed by atoms with E-state index < -0.39 is 27.1 Å². The van der Waals surface area contributed by atoms with E-state index in [2.05, 4.69) is 54.6 Å². The van der Waals surface area contributed by atoms with Crippen LogP contribution in [0.2, 0.25) is 0 Å². The van der Waals surface area contributed by atoms with E-state index in [-0.39, 0.29) is 13.0 Å². The SMILES string of the molecule is CCOC(=O)N(O)c1cccc(-c2ccc(C3=Cc4ccc5c(c4CC3)CCc3ccccc3-5)s2)c1.NC(=O)CC1C=CC=CS1(=O)=O. The molecule has 2 amide bonds. The molecule has 0 radical (unpaired) electrons. The zero-order valence-electron chi connectivity index (χ0n) is 26.5. The summed E-state index contributed by atoms with van der Waals surface area (Å²) >= 11 is 1.74. The molecule has 0 spiro atoms. The fraction of sp³-hybridized carbons (Fsp3) is 0.211. The zero-order chi connectivity index (χ0) is 33.8. The van der Waals surface area contributed by atoms with Gasteiger partial charge in [0.25, 0.3) is 0 Å². The summed E-state index contributed by atoms with van der Waals surface area (Å²) in [5.74, 6) is -0.608. The first-order chi connectivity index (χ1) is 23.1. The Labute approximate surface area is 284 Å². The van der Waals surface area contributed by atoms with Gasteiger partial charge in [-0.3, -0.25) is 10.0 Å². The lowest BCUT2D eigenvalue weighted by molar-refractivity contribution is -0.117. The van der Waals surface area contributed by atoms with Gasteiger partial charge in [-0.25, -0.2) is 13.2 Å². The van der Waals surface area contributed by atoms with Crippen LogP contribution in [0.4, 0.5) is 10.5 Å². The van der Waals surface area contributed by atoms with Crippen molar-refractivity contribution < 1.29 is 28.0 Å². The lowest BCUT2D eigenvalue weighted by Crippen LogP contribution is -2.27. The van der Waals surface area contributed by atoms with Crippen molar-refractivity contribution in [2.45, 2.75) is 44.3 Å². The highest BCUT2D eigenvalue weighted by Gasteiger charge is 2.24. The van der Waals surface area contributed by atoms with Crippen LogP contribution in [0.15, 0.2) is 96.4 Å². The molecule has 8 nitrogen and oxygen atoms in total. The normalized spacial score (nSPS) is 16.7. The second kappa shape index (κ2) is 14.1. The van der Waals surface area contributed by atoms with Gasteiger partial charge in [0.2, 0.25) is 5.91 Å². The number of hydroxylamine groups is 1. The number of nitrogens with zero attached hydrogens (tertiary/aromatic N) is 1. The second-order valence-electron chi connectivity index (χ2n) is 11.7. The molecule has 3 aromatic carbocycles. The maximum Gasteiger partial charge on any atom is 0.438 e. The fourth-order valence-electron chi connectivity index (χ4n) is 6.34. The number of allylic oxidation sites excluding steroid dienone is 3. The molecule has 0 saturated carbocycles. The van der Waals surface area contributed by atoms with Crippen molar-refractivity contribution in [3.05, 3.63) is 124 Å². The van der Waals surface area contributed by atoms with E-state index in [1.807, 2.05) is 12.1 Å². The summed E-state index contributed by atoms with van der Waals surface area (Å²) in [5.41, 5.74) is 16.2. The first-order valence-corrected chi connectivity index (χ1v) is 18.2. The van der Waals surface area contributed by atoms with Gasteiger partial charge >= 0.3 is 6.09 Å². The lowest BCUT2D eigenvalue weighted by atomic mass is 9.78. The van der Waals surface area contributed by atoms with Crippen LogP contribution >= 0.6 is 11.3 Å². The van der Waals surface area contributed by atoms with Crippen molar-refractivity contribution in [2.75, 3.05) is 11.7 Å². The van der Waals surface area contributed by atoms with Crippen molar-refractivity contribution in [3.63, 3.8) is 0 Å². The number of carbonyl (C=O) groups is 2. The van der Waals surface area contributed by atoms with Gasteiger partial charge in [-0.1, -0.05) is 72.8 Å². The Hall–Kier alpha value is -4.77. The third-order valence-corrected chi connectivity index (χ3v) is 11.6. The highest BCUT2D eigenvalue weighted by atomic mass is 32.2. The van der Waals surface area contributed by atoms with Crippen LogP contribution < -0.4 is 10.8 Å². The van der Waals surface area contributed by atoms with Crippen LogP contribution in [-0.2, 0) is 38.6 Å². The molecule has 3 aliphatic rings. The topological polar surface area (TPSA) is 127 Å². The van der Waals surface area contributed by atoms with Crippen LogP contribution in [0.25, 0.3) is 33.2 Å². The number of carbonyl (C=O) groups excluding carboxylic acids is 2. The molecule has 1 unspecified atom stereocenters. The molecule has 10 heteroatoms. The number of thiophene rings is 1. The largest absolute Gasteiger partial charge is 0.448 e. The number of hydrogen-bond acceptors (Lipinski definition) is 7. The van der Waals surface area contributed by atoms with Gasteiger partial charge < -0.3 is 10.5 Å². The van der Waals surface area contributed by atoms with Gasteiger partial charge in [0.1, 0.15) is 0 Å². The van der Waals surface area contributed by atoms with E-state index in [1.165, 1.54) is 56.0 Å². The number of anilines is 1. The van der Waals surface area contributed by atoms with Crippen LogP contribution in [0.1, 0.15) is 46.9 Å². The van der Waals surface area contributed by atoms with E-state index in [0.717, 1.165) is 41.5 Å². The molecule has 1 aliphatic heterocycles. The van der Waals surface area contributed by atoms with Gasteiger partial charge in [0, 0.05) is 21.6 Å². The number of benzene rings is 3. The zero-order valence-corrected chi connectivity index (χ0v) is 28.1. The molecule has 4 aromatic rings. The van der Waals surface area contributed by atoms with Gasteiger partial charge in [0.05, 0.1) is 17.5 Å². The summed E-state index contributed by atoms with van der Waals surface area (Å²) in [5, 5.41) is 11.0. The maximum absolute atomic E-state index is 11.9. The predicted octanol–water partition coefficient (Wildman–Crippen LogP) is 7.75. The maximum atomic E-state index is 11.9. The molecule has 48 heavy (non-hydrogen) atoms. The third-order valence-electron chi connectivity index (χ3n) is 8.66. The highest BCUT2D eigenvalue weighted by molar-refractivity contribution is 7.95. The number of amides is 2. The van der Waals surface area contributed by atoms with Crippen LogP contribution in [0, 0.1) is 0 Å². The van der Waals surface area contributed by atoms with Crippen molar-refractivity contribution >= 4 is 50.5 Å². The van der Waals surface area contributed by atoms with E-state index in [1.54, 1.807) is 36.5 Å². The van der Waals surface area contributed by atoms with Crippen LogP contribution in [-0.4, -0.2) is 37.5 Å². The van der Waals surface area contributed by atoms with Crippen molar-refractivity contribution in [1.29, 1.82) is 0 Å². The summed E-state index contributed by atoms with van der Waals surface area (Å²) in [7, 11) is -3.29. The summed E-state index contributed by atoms with van der Waals surface area (Å²) < 4.78 is 27.2. The summed E-state index contributed by atoms with van der Waals surface area (Å²) in [6.45, 7) is 1.92. The average Bonchev–Trinajstić information content (AvgIpc) is 3.59. The van der Waals surface area contributed by atoms with Crippen LogP contribution in [0.3, 0.4) is 0 Å². The molecular formula is C38H36N2O6S2. The molecule has 2 heterocycles. The highest BCUT2D eigenvalue weighted by Crippen LogP contribution is 2.42. The average molecular weight is 681 g/mol. The molecule has 1 atom stereocenters. The Morgan fingerprint density at radius 2 is 1.71 bits per heavy atom. The van der Waals surface area contributed by atoms with Crippen LogP contribution in [0.5, 0.6) is 0 Å². The quantitative estimate of drug-likeness (QED) is 0.158. The Bertz CT molecular complexity index is 2080. The molecule has 1 aromatic heterocycles. The Kier molecular flexibility index (Phi) is 9.77. The summed E-state index contributed by atoms with van der Waals surface area (Å²) in [6.07, 6.45) is 10.2. The first-order valence-electron chi connectivity index (χ1n) is 15.8. The predicted molar refractivity (Wildman–Crippen MR) is 191 cm³/mol. The van der Waals surface area contributed by atoms with E-state index >= 15 is 0 Å². The number of nitrogens with two attached hydrogens (primary N) is 1. The second-order valence-corrected chi connectivity index (χ2v) is 14.9. The lowest BCUT2D eigenvalue weighted by Gasteiger charge is -2.26. The number of fused-ring (bicyclic) bond motifs is 5. The minimum Gasteiger partial charge on any atom is -0.448 e. The number of hydrogen-bond donors (Lipinski definition) is 2. The Balaban J connectivity index is 0.000000284. The molecule has 3 N–H and O–H groups in total. The van der Waals surface area contributed by atoms with E-state index in [9.17, 15) is 23.2 Å². The molecule has 0 fully saturated rings. The Morgan fingerprint density at radius 1 is 0.917 bits per heavy atom. The number of rotatable bonds is 6. The van der Waals surface area contributed by atoms with E-state index in [4.69, 9.17) is 10.5 Å². The van der Waals surface area contributed by atoms with Crippen molar-refractivity contribution in [1.82, 2.24) is 0 Å². The van der Waals surface area contributed by atoms with Gasteiger partial charge in [-0.05, 0) is 101 Å². The molecule has 0 bridgehead atoms. The first kappa shape index (κ1) is 33.1. The Morgan fingerprint density at radius 3 is 2.50 bits per heavy atom. The smallest absolute Gasteiger partial charge is 0.438 e. The van der Waals surface area contributed by atoms with Gasteiger partial charge in [-0.2, -0.15) is 5.06 Å². The number of aryl methyl sites for hydroxylation is 1. The van der Waals surface area contributed by atoms with E-state index in [0.29, 0.717) is 10.8 Å². The molecule has 0 saturated heterocycles. The number of ether oxygens (including phenoxy) is 1. The number of sulfone groups is 1. The van der Waals surface area contributed by atoms with Gasteiger partial charge in [-0.15, -0.1) is 11.3 Å². The summed E-state index contributed by atoms with van der Waals surface area (Å²) in [6, 6.07) is 25.0. The third kappa shape index (κ3) is 7.06. The summed E-state index contributed by atoms with van der Waals surface area (Å²) in [4.78, 5) is 24.7. The fourth-order valence-corrected chi connectivity index (χ4v) is 8.60. The standard InChI is InChI=1S/C31H27NO3S.C7H9NO3S/c1-2-35-31(33)32(34)24-8-5-7-22(19-24)29-16-17-30(36-29)23-12-13-26-21(18-23)11-15-27-25-9-4-3-6-20(25)10-14-28(26)27;8-7(9)5-6-3-1-2-4-12(6,10)11/h3-9,11,15-19,34H,2,10,12-14H2,1H3;1-4,6H,5H2,(H2,8,9). The number of primary amides is 1. The van der Waals surface area contributed by atoms with Crippen molar-refractivity contribution in [2.24, 2.45) is 5.73 Å². The molecular weight excluding hydrogens is 645 g/mol. The monoisotopic (exact) mass is 680 g/mol. The molecule has 2 aliphatic carbocycles. The minimum absolute atomic E-state index is 0.150. The molecule has 7 rings (SSSR count).